The van der Waals surface area contributed by atoms with Gasteiger partial charge in [0.05, 0.1) is 0 Å². The quantitative estimate of drug-likeness (QED) is 0.329. The van der Waals surface area contributed by atoms with Crippen LogP contribution in [0.5, 0.6) is 0 Å². The topological polar surface area (TPSA) is 55.0 Å². The minimum atomic E-state index is -0.141. The number of halogens is 1. The molecule has 0 fully saturated rings. The van der Waals surface area contributed by atoms with Crippen molar-refractivity contribution in [2.24, 2.45) is 5.84 Å². The van der Waals surface area contributed by atoms with Gasteiger partial charge in [-0.3, -0.25) is 0 Å². The minimum Gasteiger partial charge on any atom is -0.218 e. The molecule has 0 saturated heterocycles. The van der Waals surface area contributed by atoms with E-state index in [-0.39, 0.29) is 11.2 Å². The third kappa shape index (κ3) is 1.33. The van der Waals surface area contributed by atoms with Crippen LogP contribution in [0.2, 0.25) is 0 Å². The predicted octanol–water partition coefficient (Wildman–Crippen LogP) is 0.0412. The summed E-state index contributed by atoms with van der Waals surface area (Å²) in [5, 5.41) is -0.139. The number of rotatable bonds is 1. The van der Waals surface area contributed by atoms with E-state index in [0.717, 1.165) is 0 Å². The highest BCUT2D eigenvalue weighted by atomic mass is 19.2. The largest absolute Gasteiger partial charge is 0.270 e. The van der Waals surface area contributed by atoms with E-state index in [1.54, 1.807) is 6.07 Å². The molecule has 0 aliphatic heterocycles. The molecule has 0 saturated carbocycles. The van der Waals surface area contributed by atoms with Crippen molar-refractivity contribution in [1.82, 2.24) is 9.97 Å². The Labute approximate surface area is 51.0 Å². The molecule has 0 spiro atoms. The maximum absolute atomic E-state index is 11.9. The van der Waals surface area contributed by atoms with Crippen LogP contribution in [0, 0.1) is 0 Å². The molecular weight excluding hydrogens is 123 g/mol. The average molecular weight is 128 g/mol. The zero-order valence-corrected chi connectivity index (χ0v) is 4.53. The fraction of sp³-hybridized carbons (Fsp3) is 0. The van der Waals surface area contributed by atoms with Gasteiger partial charge in [-0.05, 0) is 6.07 Å². The molecule has 0 atom stereocenters. The highest BCUT2D eigenvalue weighted by Crippen LogP contribution is 1.97. The van der Waals surface area contributed by atoms with Gasteiger partial charge >= 0.3 is 0 Å². The van der Waals surface area contributed by atoms with Crippen LogP contribution >= 0.6 is 0 Å². The van der Waals surface area contributed by atoms with Crippen molar-refractivity contribution in [1.29, 1.82) is 0 Å². The molecule has 0 aliphatic carbocycles. The summed E-state index contributed by atoms with van der Waals surface area (Å²) in [4.78, 5) is 6.99. The molecule has 9 heavy (non-hydrogen) atoms. The highest BCUT2D eigenvalue weighted by Gasteiger charge is 1.97. The lowest BCUT2D eigenvalue weighted by Gasteiger charge is -2.00. The molecule has 1 aromatic rings. The lowest BCUT2D eigenvalue weighted by Crippen LogP contribution is -2.21. The molecule has 0 unspecified atom stereocenters. The molecule has 0 aliphatic rings. The standard InChI is InChI=1S/C4H5FN4/c5-9(6)4-7-2-1-3-8-4/h1-3H,6H2. The van der Waals surface area contributed by atoms with E-state index in [0.29, 0.717) is 0 Å². The first-order chi connectivity index (χ1) is 4.30. The maximum Gasteiger partial charge on any atom is 0.270 e. The minimum absolute atomic E-state index is 0.139. The van der Waals surface area contributed by atoms with Gasteiger partial charge in [0.1, 0.15) is 0 Å². The smallest absolute Gasteiger partial charge is 0.218 e. The summed E-state index contributed by atoms with van der Waals surface area (Å²) in [6, 6.07) is 1.58. The van der Waals surface area contributed by atoms with E-state index in [9.17, 15) is 4.48 Å². The van der Waals surface area contributed by atoms with E-state index in [2.05, 4.69) is 15.8 Å². The number of aromatic nitrogens is 2. The average Bonchev–Trinajstić information content (AvgIpc) is 1.90. The number of hydrogen-bond acceptors (Lipinski definition) is 4. The van der Waals surface area contributed by atoms with Gasteiger partial charge in [-0.2, -0.15) is 0 Å². The summed E-state index contributed by atoms with van der Waals surface area (Å²) in [6.07, 6.45) is 2.81. The molecule has 5 heteroatoms. The Morgan fingerprint density at radius 3 is 2.33 bits per heavy atom. The predicted molar refractivity (Wildman–Crippen MR) is 29.8 cm³/mol. The monoisotopic (exact) mass is 128 g/mol. The van der Waals surface area contributed by atoms with Crippen molar-refractivity contribution >= 4 is 5.95 Å². The summed E-state index contributed by atoms with van der Waals surface area (Å²) >= 11 is 0. The van der Waals surface area contributed by atoms with Gasteiger partial charge in [-0.1, -0.05) is 4.48 Å². The molecule has 0 aromatic carbocycles. The zero-order valence-electron chi connectivity index (χ0n) is 4.53. The molecule has 2 N–H and O–H groups in total. The number of hydrazine groups is 1. The van der Waals surface area contributed by atoms with E-state index >= 15 is 0 Å². The SMILES string of the molecule is NN(F)c1ncccn1. The van der Waals surface area contributed by atoms with Gasteiger partial charge in [-0.25, -0.2) is 15.8 Å². The lowest BCUT2D eigenvalue weighted by atomic mass is 10.7. The molecule has 1 heterocycles. The van der Waals surface area contributed by atoms with Gasteiger partial charge in [-0.15, -0.1) is 5.23 Å². The van der Waals surface area contributed by atoms with E-state index in [4.69, 9.17) is 0 Å². The Morgan fingerprint density at radius 1 is 1.44 bits per heavy atom. The van der Waals surface area contributed by atoms with E-state index < -0.39 is 0 Å². The van der Waals surface area contributed by atoms with E-state index in [1.807, 2.05) is 0 Å². The first-order valence-electron chi connectivity index (χ1n) is 2.28. The highest BCUT2D eigenvalue weighted by molar-refractivity contribution is 5.19. The van der Waals surface area contributed by atoms with Crippen molar-refractivity contribution in [3.63, 3.8) is 0 Å². The zero-order chi connectivity index (χ0) is 6.69. The number of nitrogens with two attached hydrogens (primary N) is 1. The van der Waals surface area contributed by atoms with Gasteiger partial charge in [0.15, 0.2) is 0 Å². The van der Waals surface area contributed by atoms with Crippen LogP contribution < -0.4 is 11.1 Å². The Bertz CT molecular complexity index is 175. The van der Waals surface area contributed by atoms with Crippen LogP contribution in [-0.2, 0) is 0 Å². The van der Waals surface area contributed by atoms with Crippen LogP contribution in [0.3, 0.4) is 0 Å². The van der Waals surface area contributed by atoms with Gasteiger partial charge < -0.3 is 0 Å². The van der Waals surface area contributed by atoms with Crippen molar-refractivity contribution in [2.75, 3.05) is 5.23 Å². The third-order valence-electron chi connectivity index (χ3n) is 0.743. The Kier molecular flexibility index (Phi) is 1.55. The summed E-state index contributed by atoms with van der Waals surface area (Å²) in [5.41, 5.74) is 0. The fourth-order valence-electron chi connectivity index (χ4n) is 0.402. The normalized spacial score (nSPS) is 9.11. The summed E-state index contributed by atoms with van der Waals surface area (Å²) in [7, 11) is 0. The molecule has 0 amide bonds. The van der Waals surface area contributed by atoms with Crippen LogP contribution in [0.4, 0.5) is 10.4 Å². The van der Waals surface area contributed by atoms with Crippen LogP contribution in [0.25, 0.3) is 0 Å². The fourth-order valence-corrected chi connectivity index (χ4v) is 0.402. The number of hydrogen-bond donors (Lipinski definition) is 1. The Morgan fingerprint density at radius 2 is 2.00 bits per heavy atom. The maximum atomic E-state index is 11.9. The Hall–Kier alpha value is -1.23. The second kappa shape index (κ2) is 2.36. The summed E-state index contributed by atoms with van der Waals surface area (Å²) in [6.45, 7) is 0. The first-order valence-corrected chi connectivity index (χ1v) is 2.28. The van der Waals surface area contributed by atoms with Crippen LogP contribution in [0.15, 0.2) is 18.5 Å². The number of nitrogens with zero attached hydrogens (tertiary/aromatic N) is 3. The lowest BCUT2D eigenvalue weighted by molar-refractivity contribution is 0.432. The van der Waals surface area contributed by atoms with Gasteiger partial charge in [0.2, 0.25) is 0 Å². The van der Waals surface area contributed by atoms with Crippen molar-refractivity contribution in [2.45, 2.75) is 0 Å². The molecule has 0 radical (unpaired) electrons. The molecule has 1 aromatic heterocycles. The second-order valence-corrected chi connectivity index (χ2v) is 1.36. The number of anilines is 1. The molecule has 48 valence electrons. The van der Waals surface area contributed by atoms with Crippen LogP contribution in [0.1, 0.15) is 0 Å². The Balaban J connectivity index is 2.85. The molecule has 1 rings (SSSR count). The molecular formula is C4H5FN4. The van der Waals surface area contributed by atoms with Crippen molar-refractivity contribution in [3.05, 3.63) is 18.5 Å². The van der Waals surface area contributed by atoms with Crippen LogP contribution in [-0.4, -0.2) is 9.97 Å². The third-order valence-corrected chi connectivity index (χ3v) is 0.743. The van der Waals surface area contributed by atoms with E-state index in [1.165, 1.54) is 12.4 Å². The second-order valence-electron chi connectivity index (χ2n) is 1.36. The van der Waals surface area contributed by atoms with Gasteiger partial charge in [0.25, 0.3) is 5.95 Å². The molecule has 0 bridgehead atoms. The summed E-state index contributed by atoms with van der Waals surface area (Å²) in [5.74, 6) is 4.51. The summed E-state index contributed by atoms with van der Waals surface area (Å²) < 4.78 is 11.9. The molecule has 4 nitrogen and oxygen atoms in total. The van der Waals surface area contributed by atoms with Gasteiger partial charge in [0, 0.05) is 12.4 Å². The van der Waals surface area contributed by atoms with Crippen molar-refractivity contribution < 1.29 is 4.48 Å². The first kappa shape index (κ1) is 5.90. The van der Waals surface area contributed by atoms with Crippen molar-refractivity contribution in [3.8, 4) is 0 Å².